The highest BCUT2D eigenvalue weighted by molar-refractivity contribution is 5.31. The third-order valence-electron chi connectivity index (χ3n) is 5.36. The van der Waals surface area contributed by atoms with Gasteiger partial charge in [-0.15, -0.1) is 0 Å². The molecule has 1 aliphatic carbocycles. The van der Waals surface area contributed by atoms with Gasteiger partial charge < -0.3 is 0 Å². The molecule has 0 N–H and O–H groups in total. The molecule has 1 saturated carbocycles. The van der Waals surface area contributed by atoms with Crippen molar-refractivity contribution in [1.29, 1.82) is 5.26 Å². The minimum atomic E-state index is 0.771. The highest BCUT2D eigenvalue weighted by atomic mass is 14.3. The molecule has 0 saturated heterocycles. The molecule has 2 rings (SSSR count). The minimum Gasteiger partial charge on any atom is -0.192 e. The van der Waals surface area contributed by atoms with E-state index in [0.29, 0.717) is 0 Å². The van der Waals surface area contributed by atoms with Crippen LogP contribution in [-0.2, 0) is 6.42 Å². The molecular weight excluding hydrogens is 266 g/mol. The maximum atomic E-state index is 8.83. The van der Waals surface area contributed by atoms with Crippen molar-refractivity contribution in [3.63, 3.8) is 0 Å². The Morgan fingerprint density at radius 2 is 1.55 bits per heavy atom. The van der Waals surface area contributed by atoms with Gasteiger partial charge in [0.25, 0.3) is 0 Å². The topological polar surface area (TPSA) is 23.8 Å². The molecule has 0 aromatic heterocycles. The number of aryl methyl sites for hydroxylation is 1. The minimum absolute atomic E-state index is 0.771. The smallest absolute Gasteiger partial charge is 0.0991 e. The molecule has 1 fully saturated rings. The molecule has 0 amide bonds. The monoisotopic (exact) mass is 297 g/mol. The van der Waals surface area contributed by atoms with Crippen LogP contribution in [0.5, 0.6) is 0 Å². The molecular formula is C21H31N. The van der Waals surface area contributed by atoms with Crippen LogP contribution in [0.15, 0.2) is 24.3 Å². The Kier molecular flexibility index (Phi) is 7.50. The Hall–Kier alpha value is -1.29. The zero-order chi connectivity index (χ0) is 15.6. The van der Waals surface area contributed by atoms with Crippen molar-refractivity contribution in [3.05, 3.63) is 35.4 Å². The Bertz CT molecular complexity index is 446. The van der Waals surface area contributed by atoms with E-state index in [2.05, 4.69) is 25.1 Å². The summed E-state index contributed by atoms with van der Waals surface area (Å²) < 4.78 is 0. The van der Waals surface area contributed by atoms with E-state index in [0.717, 1.165) is 17.4 Å². The summed E-state index contributed by atoms with van der Waals surface area (Å²) in [4.78, 5) is 0. The maximum Gasteiger partial charge on any atom is 0.0991 e. The van der Waals surface area contributed by atoms with Gasteiger partial charge in [0.15, 0.2) is 0 Å². The lowest BCUT2D eigenvalue weighted by atomic mass is 9.77. The van der Waals surface area contributed by atoms with Gasteiger partial charge in [-0.2, -0.15) is 5.26 Å². The molecule has 0 aliphatic heterocycles. The molecule has 1 nitrogen and oxygen atoms in total. The van der Waals surface area contributed by atoms with E-state index in [-0.39, 0.29) is 0 Å². The van der Waals surface area contributed by atoms with Crippen molar-refractivity contribution in [2.45, 2.75) is 77.6 Å². The van der Waals surface area contributed by atoms with E-state index in [1.807, 2.05) is 12.1 Å². The van der Waals surface area contributed by atoms with Gasteiger partial charge in [0.05, 0.1) is 11.6 Å². The Balaban J connectivity index is 1.61. The number of unbranched alkanes of at least 4 members (excludes halogenated alkanes) is 3. The quantitative estimate of drug-likeness (QED) is 0.519. The van der Waals surface area contributed by atoms with Crippen molar-refractivity contribution in [2.24, 2.45) is 11.8 Å². The number of hydrogen-bond acceptors (Lipinski definition) is 1. The fourth-order valence-electron chi connectivity index (χ4n) is 3.79. The maximum absolute atomic E-state index is 8.83. The van der Waals surface area contributed by atoms with E-state index in [1.165, 1.54) is 76.2 Å². The molecule has 1 aliphatic rings. The number of nitrogens with zero attached hydrogens (tertiary/aromatic N) is 1. The van der Waals surface area contributed by atoms with Crippen LogP contribution in [0.1, 0.15) is 82.3 Å². The van der Waals surface area contributed by atoms with Gasteiger partial charge in [-0.3, -0.25) is 0 Å². The van der Waals surface area contributed by atoms with Gasteiger partial charge in [0.1, 0.15) is 0 Å². The average Bonchev–Trinajstić information content (AvgIpc) is 2.58. The van der Waals surface area contributed by atoms with Gasteiger partial charge in [-0.25, -0.2) is 0 Å². The molecule has 0 atom stereocenters. The van der Waals surface area contributed by atoms with Crippen LogP contribution in [0.25, 0.3) is 0 Å². The molecule has 0 bridgehead atoms. The van der Waals surface area contributed by atoms with E-state index in [4.69, 9.17) is 5.26 Å². The lowest BCUT2D eigenvalue weighted by Gasteiger charge is -2.28. The third-order valence-corrected chi connectivity index (χ3v) is 5.36. The highest BCUT2D eigenvalue weighted by Gasteiger charge is 2.20. The van der Waals surface area contributed by atoms with Gasteiger partial charge in [-0.05, 0) is 42.4 Å². The number of hydrogen-bond donors (Lipinski definition) is 0. The van der Waals surface area contributed by atoms with E-state index >= 15 is 0 Å². The summed E-state index contributed by atoms with van der Waals surface area (Å²) in [6, 6.07) is 10.3. The molecule has 0 radical (unpaired) electrons. The van der Waals surface area contributed by atoms with E-state index < -0.39 is 0 Å². The summed E-state index contributed by atoms with van der Waals surface area (Å²) in [6.45, 7) is 2.29. The van der Waals surface area contributed by atoms with Crippen LogP contribution in [-0.4, -0.2) is 0 Å². The third kappa shape index (κ3) is 5.84. The van der Waals surface area contributed by atoms with Crippen molar-refractivity contribution in [3.8, 4) is 6.07 Å². The first-order chi connectivity index (χ1) is 10.8. The Labute approximate surface area is 136 Å². The van der Waals surface area contributed by atoms with Gasteiger partial charge in [0.2, 0.25) is 0 Å². The summed E-state index contributed by atoms with van der Waals surface area (Å²) >= 11 is 0. The fraction of sp³-hybridized carbons (Fsp3) is 0.667. The SMILES string of the molecule is CCCCCC[C@H]1CC[C@H](CCc2ccc(C#N)cc2)CC1. The molecule has 120 valence electrons. The second-order valence-electron chi connectivity index (χ2n) is 7.08. The van der Waals surface area contributed by atoms with E-state index in [1.54, 1.807) is 0 Å². The summed E-state index contributed by atoms with van der Waals surface area (Å²) in [5.41, 5.74) is 2.16. The number of rotatable bonds is 8. The summed E-state index contributed by atoms with van der Waals surface area (Å²) in [5, 5.41) is 8.83. The van der Waals surface area contributed by atoms with E-state index in [9.17, 15) is 0 Å². The van der Waals surface area contributed by atoms with Crippen LogP contribution >= 0.6 is 0 Å². The van der Waals surface area contributed by atoms with Crippen molar-refractivity contribution in [2.75, 3.05) is 0 Å². The van der Waals surface area contributed by atoms with Gasteiger partial charge in [0, 0.05) is 0 Å². The second-order valence-corrected chi connectivity index (χ2v) is 7.08. The van der Waals surface area contributed by atoms with Crippen LogP contribution < -0.4 is 0 Å². The first-order valence-electron chi connectivity index (χ1n) is 9.31. The largest absolute Gasteiger partial charge is 0.192 e. The summed E-state index contributed by atoms with van der Waals surface area (Å²) in [5.74, 6) is 1.95. The van der Waals surface area contributed by atoms with Crippen LogP contribution in [0.3, 0.4) is 0 Å². The molecule has 1 aromatic carbocycles. The first-order valence-corrected chi connectivity index (χ1v) is 9.31. The zero-order valence-electron chi connectivity index (χ0n) is 14.2. The number of benzene rings is 1. The lowest BCUT2D eigenvalue weighted by Crippen LogP contribution is -2.15. The van der Waals surface area contributed by atoms with Crippen LogP contribution in [0.4, 0.5) is 0 Å². The molecule has 0 spiro atoms. The second kappa shape index (κ2) is 9.67. The highest BCUT2D eigenvalue weighted by Crippen LogP contribution is 2.34. The number of nitriles is 1. The van der Waals surface area contributed by atoms with Crippen molar-refractivity contribution < 1.29 is 0 Å². The molecule has 1 aromatic rings. The zero-order valence-corrected chi connectivity index (χ0v) is 14.2. The summed E-state index contributed by atoms with van der Waals surface area (Å²) in [6.07, 6.45) is 15.4. The fourth-order valence-corrected chi connectivity index (χ4v) is 3.79. The van der Waals surface area contributed by atoms with Crippen molar-refractivity contribution in [1.82, 2.24) is 0 Å². The van der Waals surface area contributed by atoms with Crippen LogP contribution in [0, 0.1) is 23.2 Å². The first kappa shape index (κ1) is 17.1. The predicted molar refractivity (Wildman–Crippen MR) is 93.7 cm³/mol. The van der Waals surface area contributed by atoms with Crippen molar-refractivity contribution >= 4 is 0 Å². The molecule has 1 heteroatoms. The standard InChI is InChI=1S/C21H31N/c1-2-3-4-5-6-18-7-9-19(10-8-18)11-12-20-13-15-21(17-22)16-14-20/h13-16,18-19H,2-12H2,1H3/t18-,19-. The predicted octanol–water partition coefficient (Wildman–Crippen LogP) is 6.27. The Morgan fingerprint density at radius 3 is 2.14 bits per heavy atom. The lowest BCUT2D eigenvalue weighted by molar-refractivity contribution is 0.249. The molecule has 22 heavy (non-hydrogen) atoms. The summed E-state index contributed by atoms with van der Waals surface area (Å²) in [7, 11) is 0. The Morgan fingerprint density at radius 1 is 0.909 bits per heavy atom. The van der Waals surface area contributed by atoms with Gasteiger partial charge >= 0.3 is 0 Å². The molecule has 0 heterocycles. The van der Waals surface area contributed by atoms with Crippen LogP contribution in [0.2, 0.25) is 0 Å². The van der Waals surface area contributed by atoms with Gasteiger partial charge in [-0.1, -0.05) is 76.8 Å². The molecule has 0 unspecified atom stereocenters. The average molecular weight is 297 g/mol. The normalized spacial score (nSPS) is 21.5.